The van der Waals surface area contributed by atoms with Gasteiger partial charge in [0.15, 0.2) is 5.82 Å². The van der Waals surface area contributed by atoms with Gasteiger partial charge in [-0.2, -0.15) is 9.78 Å². The molecule has 0 saturated carbocycles. The van der Waals surface area contributed by atoms with Crippen molar-refractivity contribution in [3.8, 4) is 5.82 Å². The van der Waals surface area contributed by atoms with E-state index in [0.717, 1.165) is 44.6 Å². The molecule has 3 amide bonds. The van der Waals surface area contributed by atoms with Crippen molar-refractivity contribution >= 4 is 40.1 Å². The van der Waals surface area contributed by atoms with E-state index in [1.54, 1.807) is 13.0 Å². The molecule has 11 heteroatoms. The third kappa shape index (κ3) is 4.10. The summed E-state index contributed by atoms with van der Waals surface area (Å²) in [6.45, 7) is 7.20. The van der Waals surface area contributed by atoms with Crippen molar-refractivity contribution in [3.63, 3.8) is 0 Å². The van der Waals surface area contributed by atoms with Crippen molar-refractivity contribution in [2.45, 2.75) is 27.7 Å². The molecule has 186 valence electrons. The van der Waals surface area contributed by atoms with E-state index >= 15 is 0 Å². The van der Waals surface area contributed by atoms with Gasteiger partial charge in [0, 0.05) is 23.6 Å². The number of amides is 3. The number of benzene rings is 2. The number of rotatable bonds is 5. The Bertz CT molecular complexity index is 1670. The molecular weight excluding hydrogens is 476 g/mol. The first-order valence-corrected chi connectivity index (χ1v) is 11.4. The first-order chi connectivity index (χ1) is 17.5. The van der Waals surface area contributed by atoms with Gasteiger partial charge in [0.1, 0.15) is 12.4 Å². The summed E-state index contributed by atoms with van der Waals surface area (Å²) in [6.07, 6.45) is 0. The summed E-state index contributed by atoms with van der Waals surface area (Å²) >= 11 is 0. The Labute approximate surface area is 210 Å². The lowest BCUT2D eigenvalue weighted by atomic mass is 10.0. The van der Waals surface area contributed by atoms with Crippen molar-refractivity contribution in [2.75, 3.05) is 11.9 Å². The normalized spacial score (nSPS) is 12.8. The molecule has 0 saturated heterocycles. The standard InChI is InChI=1S/C26H22N6O5/c1-13-7-15(3)24-19(8-13)14(2)9-21(28-24)31-22(10-16(4)29-31)27-23(33)12-30-25(34)18-6-5-17(32(36)37)11-20(18)26(30)35/h5-11H,12H2,1-4H3,(H,27,33). The highest BCUT2D eigenvalue weighted by Gasteiger charge is 2.38. The van der Waals surface area contributed by atoms with Crippen LogP contribution in [0.3, 0.4) is 0 Å². The average Bonchev–Trinajstić information content (AvgIpc) is 3.31. The lowest BCUT2D eigenvalue weighted by Crippen LogP contribution is -2.37. The average molecular weight is 498 g/mol. The van der Waals surface area contributed by atoms with E-state index in [2.05, 4.69) is 16.5 Å². The van der Waals surface area contributed by atoms with Gasteiger partial charge in [-0.3, -0.25) is 29.4 Å². The Morgan fingerprint density at radius 1 is 0.973 bits per heavy atom. The molecule has 0 bridgehead atoms. The van der Waals surface area contributed by atoms with Crippen molar-refractivity contribution in [3.05, 3.63) is 86.1 Å². The number of carbonyl (C=O) groups excluding carboxylic acids is 3. The van der Waals surface area contributed by atoms with Crippen LogP contribution in [-0.2, 0) is 4.79 Å². The largest absolute Gasteiger partial charge is 0.309 e. The van der Waals surface area contributed by atoms with E-state index in [0.29, 0.717) is 17.3 Å². The molecule has 1 N–H and O–H groups in total. The molecule has 2 aromatic heterocycles. The number of nitro groups is 1. The van der Waals surface area contributed by atoms with Crippen LogP contribution >= 0.6 is 0 Å². The molecule has 0 fully saturated rings. The van der Waals surface area contributed by atoms with Gasteiger partial charge in [0.05, 0.1) is 27.3 Å². The number of carbonyl (C=O) groups is 3. The molecule has 2 aromatic carbocycles. The van der Waals surface area contributed by atoms with Crippen LogP contribution in [0.25, 0.3) is 16.7 Å². The lowest BCUT2D eigenvalue weighted by Gasteiger charge is -2.15. The van der Waals surface area contributed by atoms with Gasteiger partial charge in [-0.1, -0.05) is 11.6 Å². The maximum atomic E-state index is 12.9. The number of anilines is 1. The first kappa shape index (κ1) is 23.8. The lowest BCUT2D eigenvalue weighted by molar-refractivity contribution is -0.384. The Kier molecular flexibility index (Phi) is 5.55. The fraction of sp³-hybridized carbons (Fsp3) is 0.192. The number of aryl methyl sites for hydroxylation is 4. The van der Waals surface area contributed by atoms with Gasteiger partial charge in [-0.25, -0.2) is 4.98 Å². The molecule has 5 rings (SSSR count). The summed E-state index contributed by atoms with van der Waals surface area (Å²) in [5.41, 5.74) is 4.20. The second-order valence-electron chi connectivity index (χ2n) is 9.09. The van der Waals surface area contributed by atoms with E-state index in [-0.39, 0.29) is 16.8 Å². The van der Waals surface area contributed by atoms with Crippen LogP contribution in [0.2, 0.25) is 0 Å². The predicted octanol–water partition coefficient (Wildman–Crippen LogP) is 3.80. The molecule has 4 aromatic rings. The number of fused-ring (bicyclic) bond motifs is 2. The van der Waals surface area contributed by atoms with Gasteiger partial charge >= 0.3 is 0 Å². The van der Waals surface area contributed by atoms with Crippen molar-refractivity contribution in [1.82, 2.24) is 19.7 Å². The molecule has 37 heavy (non-hydrogen) atoms. The maximum Gasteiger partial charge on any atom is 0.270 e. The molecule has 1 aliphatic heterocycles. The number of aromatic nitrogens is 3. The smallest absolute Gasteiger partial charge is 0.270 e. The van der Waals surface area contributed by atoms with Crippen LogP contribution in [0.5, 0.6) is 0 Å². The van der Waals surface area contributed by atoms with Gasteiger partial charge in [-0.05, 0) is 57.0 Å². The van der Waals surface area contributed by atoms with E-state index in [1.165, 1.54) is 10.7 Å². The van der Waals surface area contributed by atoms with E-state index < -0.39 is 29.2 Å². The van der Waals surface area contributed by atoms with Crippen LogP contribution in [0.1, 0.15) is 43.1 Å². The molecular formula is C26H22N6O5. The topological polar surface area (TPSA) is 140 Å². The molecule has 11 nitrogen and oxygen atoms in total. The summed E-state index contributed by atoms with van der Waals surface area (Å²) in [7, 11) is 0. The molecule has 0 unspecified atom stereocenters. The minimum atomic E-state index is -0.763. The maximum absolute atomic E-state index is 12.9. The van der Waals surface area contributed by atoms with Crippen molar-refractivity contribution in [2.24, 2.45) is 0 Å². The Hall–Kier alpha value is -4.93. The fourth-order valence-electron chi connectivity index (χ4n) is 4.56. The van der Waals surface area contributed by atoms with Crippen LogP contribution < -0.4 is 5.32 Å². The minimum Gasteiger partial charge on any atom is -0.309 e. The van der Waals surface area contributed by atoms with E-state index in [9.17, 15) is 24.5 Å². The van der Waals surface area contributed by atoms with Gasteiger partial charge in [-0.15, -0.1) is 0 Å². The summed E-state index contributed by atoms with van der Waals surface area (Å²) in [5.74, 6) is -1.25. The molecule has 0 atom stereocenters. The highest BCUT2D eigenvalue weighted by molar-refractivity contribution is 6.23. The zero-order chi connectivity index (χ0) is 26.6. The second-order valence-corrected chi connectivity index (χ2v) is 9.09. The number of hydrogen-bond donors (Lipinski definition) is 1. The molecule has 1 aliphatic rings. The highest BCUT2D eigenvalue weighted by Crippen LogP contribution is 2.28. The number of nitro benzene ring substituents is 1. The first-order valence-electron chi connectivity index (χ1n) is 11.4. The Morgan fingerprint density at radius 2 is 1.70 bits per heavy atom. The monoisotopic (exact) mass is 498 g/mol. The van der Waals surface area contributed by atoms with Gasteiger partial charge in [0.2, 0.25) is 5.91 Å². The van der Waals surface area contributed by atoms with Gasteiger partial charge < -0.3 is 5.32 Å². The number of nitrogens with one attached hydrogen (secondary N) is 1. The third-order valence-corrected chi connectivity index (χ3v) is 6.22. The van der Waals surface area contributed by atoms with E-state index in [1.807, 2.05) is 32.9 Å². The Morgan fingerprint density at radius 3 is 2.43 bits per heavy atom. The summed E-state index contributed by atoms with van der Waals surface area (Å²) in [4.78, 5) is 54.3. The van der Waals surface area contributed by atoms with E-state index in [4.69, 9.17) is 4.98 Å². The van der Waals surface area contributed by atoms with Crippen LogP contribution in [0, 0.1) is 37.8 Å². The second kappa shape index (κ2) is 8.63. The zero-order valence-corrected chi connectivity index (χ0v) is 20.5. The summed E-state index contributed by atoms with van der Waals surface area (Å²) < 4.78 is 1.50. The van der Waals surface area contributed by atoms with Crippen LogP contribution in [-0.4, -0.2) is 48.9 Å². The number of imide groups is 1. The zero-order valence-electron chi connectivity index (χ0n) is 20.5. The summed E-state index contributed by atoms with van der Waals surface area (Å²) in [5, 5.41) is 19.3. The molecule has 0 aliphatic carbocycles. The quantitative estimate of drug-likeness (QED) is 0.251. The number of pyridine rings is 1. The minimum absolute atomic E-state index is 0.0192. The fourth-order valence-corrected chi connectivity index (χ4v) is 4.56. The molecule has 0 spiro atoms. The van der Waals surface area contributed by atoms with Crippen molar-refractivity contribution < 1.29 is 19.3 Å². The highest BCUT2D eigenvalue weighted by atomic mass is 16.6. The predicted molar refractivity (Wildman–Crippen MR) is 135 cm³/mol. The van der Waals surface area contributed by atoms with Crippen molar-refractivity contribution in [1.29, 1.82) is 0 Å². The summed E-state index contributed by atoms with van der Waals surface area (Å²) in [6, 6.07) is 11.1. The van der Waals surface area contributed by atoms with Gasteiger partial charge in [0.25, 0.3) is 17.5 Å². The number of non-ortho nitro benzene ring substituents is 1. The Balaban J connectivity index is 1.42. The molecule has 0 radical (unpaired) electrons. The number of hydrogen-bond acceptors (Lipinski definition) is 7. The third-order valence-electron chi connectivity index (χ3n) is 6.22. The molecule has 3 heterocycles. The van der Waals surface area contributed by atoms with Crippen LogP contribution in [0.4, 0.5) is 11.5 Å². The SMILES string of the molecule is Cc1cc(C)c2nc(-n3nc(C)cc3NC(=O)CN3C(=O)c4ccc([N+](=O)[O-])cc4C3=O)cc(C)c2c1. The number of nitrogens with zero attached hydrogens (tertiary/aromatic N) is 5. The van der Waals surface area contributed by atoms with Crippen LogP contribution in [0.15, 0.2) is 42.5 Å².